The molecule has 1 aromatic heterocycles. The van der Waals surface area contributed by atoms with E-state index in [4.69, 9.17) is 11.6 Å². The van der Waals surface area contributed by atoms with Gasteiger partial charge in [-0.1, -0.05) is 13.8 Å². The monoisotopic (exact) mass is 283 g/mol. The lowest BCUT2D eigenvalue weighted by Crippen LogP contribution is -2.33. The Morgan fingerprint density at radius 3 is 2.58 bits per heavy atom. The first-order valence-corrected chi connectivity index (χ1v) is 7.38. The van der Waals surface area contributed by atoms with Crippen LogP contribution in [-0.2, 0) is 0 Å². The largest absolute Gasteiger partial charge is 0.354 e. The fourth-order valence-electron chi connectivity index (χ4n) is 2.70. The zero-order valence-electron chi connectivity index (χ0n) is 11.8. The van der Waals surface area contributed by atoms with Crippen molar-refractivity contribution in [1.29, 1.82) is 0 Å². The van der Waals surface area contributed by atoms with Gasteiger partial charge in [-0.25, -0.2) is 0 Å². The Hall–Kier alpha value is -1.10. The fraction of sp³-hybridized carbons (Fsp3) is 0.769. The molecule has 0 amide bonds. The van der Waals surface area contributed by atoms with E-state index >= 15 is 0 Å². The van der Waals surface area contributed by atoms with Gasteiger partial charge in [0.25, 0.3) is 0 Å². The molecule has 19 heavy (non-hydrogen) atoms. The molecule has 0 bridgehead atoms. The first kappa shape index (κ1) is 14.3. The van der Waals surface area contributed by atoms with Crippen molar-refractivity contribution in [1.82, 2.24) is 15.0 Å². The Labute approximate surface area is 119 Å². The van der Waals surface area contributed by atoms with Gasteiger partial charge in [-0.15, -0.1) is 0 Å². The molecular weight excluding hydrogens is 262 g/mol. The number of nitrogens with one attached hydrogen (secondary N) is 2. The molecule has 1 heterocycles. The summed E-state index contributed by atoms with van der Waals surface area (Å²) < 4.78 is 0. The standard InChI is InChI=1S/C13H22ClN5/c1-4-15-12-17-11(14)18-13(19-12)16-10-6-5-8(2)7-9(10)3/h8-10H,4-7H2,1-3H3,(H2,15,16,17,18,19). The average Bonchev–Trinajstić information content (AvgIpc) is 2.32. The third kappa shape index (κ3) is 3.93. The highest BCUT2D eigenvalue weighted by atomic mass is 35.5. The summed E-state index contributed by atoms with van der Waals surface area (Å²) in [5, 5.41) is 6.69. The summed E-state index contributed by atoms with van der Waals surface area (Å²) in [6, 6.07) is 0.421. The van der Waals surface area contributed by atoms with Crippen molar-refractivity contribution in [3.8, 4) is 0 Å². The number of nitrogens with zero attached hydrogens (tertiary/aromatic N) is 3. The maximum absolute atomic E-state index is 5.92. The molecular formula is C13H22ClN5. The molecule has 1 fully saturated rings. The topological polar surface area (TPSA) is 62.7 Å². The maximum atomic E-state index is 5.92. The zero-order chi connectivity index (χ0) is 13.8. The van der Waals surface area contributed by atoms with Crippen LogP contribution in [0.5, 0.6) is 0 Å². The summed E-state index contributed by atoms with van der Waals surface area (Å²) >= 11 is 5.92. The van der Waals surface area contributed by atoms with Crippen LogP contribution in [0.25, 0.3) is 0 Å². The zero-order valence-corrected chi connectivity index (χ0v) is 12.5. The molecule has 1 saturated carbocycles. The Morgan fingerprint density at radius 1 is 1.16 bits per heavy atom. The van der Waals surface area contributed by atoms with Gasteiger partial charge in [-0.2, -0.15) is 15.0 Å². The van der Waals surface area contributed by atoms with E-state index in [1.807, 2.05) is 6.92 Å². The van der Waals surface area contributed by atoms with Crippen molar-refractivity contribution in [2.45, 2.75) is 46.1 Å². The van der Waals surface area contributed by atoms with E-state index in [1.165, 1.54) is 12.8 Å². The summed E-state index contributed by atoms with van der Waals surface area (Å²) in [5.41, 5.74) is 0. The molecule has 1 aromatic rings. The summed E-state index contributed by atoms with van der Waals surface area (Å²) in [6.45, 7) is 7.35. The molecule has 3 atom stereocenters. The van der Waals surface area contributed by atoms with Crippen LogP contribution in [0, 0.1) is 11.8 Å². The minimum absolute atomic E-state index is 0.227. The average molecular weight is 284 g/mol. The third-order valence-electron chi connectivity index (χ3n) is 3.69. The first-order chi connectivity index (χ1) is 9.08. The number of halogens is 1. The van der Waals surface area contributed by atoms with Gasteiger partial charge >= 0.3 is 0 Å². The van der Waals surface area contributed by atoms with Gasteiger partial charge in [0.05, 0.1) is 0 Å². The Kier molecular flexibility index (Phi) is 4.80. The summed E-state index contributed by atoms with van der Waals surface area (Å²) in [6.07, 6.45) is 3.65. The van der Waals surface area contributed by atoms with Gasteiger partial charge in [0.2, 0.25) is 17.2 Å². The van der Waals surface area contributed by atoms with Crippen LogP contribution in [0.4, 0.5) is 11.9 Å². The van der Waals surface area contributed by atoms with Crippen molar-refractivity contribution < 1.29 is 0 Å². The summed E-state index contributed by atoms with van der Waals surface area (Å²) in [5.74, 6) is 2.54. The lowest BCUT2D eigenvalue weighted by molar-refractivity contribution is 0.276. The molecule has 3 unspecified atom stereocenters. The normalized spacial score (nSPS) is 27.1. The van der Waals surface area contributed by atoms with Crippen LogP contribution in [0.3, 0.4) is 0 Å². The highest BCUT2D eigenvalue weighted by molar-refractivity contribution is 6.28. The highest BCUT2D eigenvalue weighted by Crippen LogP contribution is 2.30. The van der Waals surface area contributed by atoms with Crippen LogP contribution < -0.4 is 10.6 Å². The van der Waals surface area contributed by atoms with Crippen molar-refractivity contribution in [2.75, 3.05) is 17.2 Å². The number of anilines is 2. The molecule has 0 saturated heterocycles. The molecule has 2 rings (SSSR count). The SMILES string of the molecule is CCNc1nc(Cl)nc(NC2CCC(C)CC2C)n1. The third-order valence-corrected chi connectivity index (χ3v) is 3.86. The number of aromatic nitrogens is 3. The molecule has 0 aromatic carbocycles. The fourth-order valence-corrected chi connectivity index (χ4v) is 2.86. The van der Waals surface area contributed by atoms with Crippen LogP contribution in [0.15, 0.2) is 0 Å². The second-order valence-electron chi connectivity index (χ2n) is 5.43. The minimum Gasteiger partial charge on any atom is -0.354 e. The first-order valence-electron chi connectivity index (χ1n) is 7.00. The van der Waals surface area contributed by atoms with E-state index in [1.54, 1.807) is 0 Å². The van der Waals surface area contributed by atoms with Gasteiger partial charge in [-0.3, -0.25) is 0 Å². The van der Waals surface area contributed by atoms with E-state index < -0.39 is 0 Å². The predicted molar refractivity (Wildman–Crippen MR) is 78.6 cm³/mol. The smallest absolute Gasteiger partial charge is 0.229 e. The van der Waals surface area contributed by atoms with Crippen LogP contribution in [-0.4, -0.2) is 27.5 Å². The second-order valence-corrected chi connectivity index (χ2v) is 5.77. The quantitative estimate of drug-likeness (QED) is 0.888. The molecule has 1 aliphatic carbocycles. The molecule has 106 valence electrons. The molecule has 0 aliphatic heterocycles. The molecule has 0 spiro atoms. The van der Waals surface area contributed by atoms with E-state index in [0.29, 0.717) is 23.9 Å². The summed E-state index contributed by atoms with van der Waals surface area (Å²) in [7, 11) is 0. The molecule has 5 nitrogen and oxygen atoms in total. The lowest BCUT2D eigenvalue weighted by atomic mass is 9.80. The Morgan fingerprint density at radius 2 is 1.89 bits per heavy atom. The number of hydrogen-bond donors (Lipinski definition) is 2. The van der Waals surface area contributed by atoms with Gasteiger partial charge in [0.15, 0.2) is 0 Å². The van der Waals surface area contributed by atoms with Crippen LogP contribution in [0.2, 0.25) is 5.28 Å². The van der Waals surface area contributed by atoms with Crippen LogP contribution in [0.1, 0.15) is 40.0 Å². The Bertz CT molecular complexity index is 425. The van der Waals surface area contributed by atoms with Gasteiger partial charge in [0.1, 0.15) is 0 Å². The minimum atomic E-state index is 0.227. The highest BCUT2D eigenvalue weighted by Gasteiger charge is 2.25. The Balaban J connectivity index is 2.05. The van der Waals surface area contributed by atoms with Crippen molar-refractivity contribution >= 4 is 23.5 Å². The molecule has 0 radical (unpaired) electrons. The van der Waals surface area contributed by atoms with E-state index in [0.717, 1.165) is 18.9 Å². The molecule has 1 aliphatic rings. The van der Waals surface area contributed by atoms with Gasteiger partial charge in [0, 0.05) is 12.6 Å². The van der Waals surface area contributed by atoms with Crippen molar-refractivity contribution in [3.05, 3.63) is 5.28 Å². The number of hydrogen-bond acceptors (Lipinski definition) is 5. The van der Waals surface area contributed by atoms with Gasteiger partial charge < -0.3 is 10.6 Å². The molecule has 6 heteroatoms. The van der Waals surface area contributed by atoms with E-state index in [9.17, 15) is 0 Å². The second kappa shape index (κ2) is 6.37. The van der Waals surface area contributed by atoms with Crippen molar-refractivity contribution in [2.24, 2.45) is 11.8 Å². The lowest BCUT2D eigenvalue weighted by Gasteiger charge is -2.33. The maximum Gasteiger partial charge on any atom is 0.229 e. The molecule has 2 N–H and O–H groups in total. The number of rotatable bonds is 4. The predicted octanol–water partition coefficient (Wildman–Crippen LogP) is 3.19. The summed E-state index contributed by atoms with van der Waals surface area (Å²) in [4.78, 5) is 12.5. The van der Waals surface area contributed by atoms with Crippen LogP contribution >= 0.6 is 11.6 Å². The van der Waals surface area contributed by atoms with Crippen molar-refractivity contribution in [3.63, 3.8) is 0 Å². The van der Waals surface area contributed by atoms with Gasteiger partial charge in [-0.05, 0) is 49.6 Å². The van der Waals surface area contributed by atoms with E-state index in [-0.39, 0.29) is 5.28 Å². The van der Waals surface area contributed by atoms with E-state index in [2.05, 4.69) is 39.4 Å².